The predicted octanol–water partition coefficient (Wildman–Crippen LogP) is 3.40. The molecule has 0 saturated heterocycles. The van der Waals surface area contributed by atoms with Gasteiger partial charge >= 0.3 is 0 Å². The van der Waals surface area contributed by atoms with Crippen LogP contribution in [0.2, 0.25) is 0 Å². The van der Waals surface area contributed by atoms with Gasteiger partial charge in [0.2, 0.25) is 0 Å². The molecule has 1 saturated carbocycles. The van der Waals surface area contributed by atoms with Crippen LogP contribution in [-0.4, -0.2) is 29.3 Å². The van der Waals surface area contributed by atoms with Gasteiger partial charge in [-0.05, 0) is 31.9 Å². The number of hydrogen-bond acceptors (Lipinski definition) is 4. The molecule has 124 valence electrons. The highest BCUT2D eigenvalue weighted by molar-refractivity contribution is 5.53. The number of imidazole rings is 1. The van der Waals surface area contributed by atoms with Crippen LogP contribution < -0.4 is 0 Å². The summed E-state index contributed by atoms with van der Waals surface area (Å²) in [5, 5.41) is 4.86. The van der Waals surface area contributed by atoms with E-state index >= 15 is 0 Å². The van der Waals surface area contributed by atoms with Crippen molar-refractivity contribution in [1.82, 2.24) is 29.3 Å². The highest BCUT2D eigenvalue weighted by atomic mass is 15.4. The Hall–Kier alpha value is -2.50. The molecule has 6 nitrogen and oxygen atoms in total. The zero-order valence-electron chi connectivity index (χ0n) is 14.0. The summed E-state index contributed by atoms with van der Waals surface area (Å²) < 4.78 is 4.29. The number of pyridine rings is 1. The summed E-state index contributed by atoms with van der Waals surface area (Å²) in [7, 11) is 0. The molecule has 3 aromatic heterocycles. The molecule has 1 aliphatic carbocycles. The van der Waals surface area contributed by atoms with E-state index in [1.807, 2.05) is 31.5 Å². The second-order valence-electron chi connectivity index (χ2n) is 6.43. The highest BCUT2D eigenvalue weighted by Crippen LogP contribution is 2.29. The highest BCUT2D eigenvalue weighted by Gasteiger charge is 2.22. The third-order valence-electron chi connectivity index (χ3n) is 4.80. The maximum atomic E-state index is 4.86. The molecule has 24 heavy (non-hydrogen) atoms. The Morgan fingerprint density at radius 2 is 1.88 bits per heavy atom. The van der Waals surface area contributed by atoms with Crippen LogP contribution in [0.15, 0.2) is 36.9 Å². The summed E-state index contributed by atoms with van der Waals surface area (Å²) in [5.74, 6) is 2.80. The minimum atomic E-state index is 0.459. The van der Waals surface area contributed by atoms with Crippen LogP contribution in [-0.2, 0) is 6.54 Å². The molecular formula is C18H22N6. The lowest BCUT2D eigenvalue weighted by atomic mass is 9.95. The molecule has 0 bridgehead atoms. The molecule has 1 fully saturated rings. The normalized spacial score (nSPS) is 15.7. The molecule has 4 rings (SSSR count). The standard InChI is InChI=1S/C18H22N6/c1-14-20-11-12-23(14)13-17-21-18(15-7-9-19-10-8-15)22-24(17)16-5-3-2-4-6-16/h7-12,16H,2-6,13H2,1H3. The molecular weight excluding hydrogens is 300 g/mol. The Morgan fingerprint density at radius 3 is 2.58 bits per heavy atom. The molecule has 0 spiro atoms. The zero-order chi connectivity index (χ0) is 16.4. The second-order valence-corrected chi connectivity index (χ2v) is 6.43. The van der Waals surface area contributed by atoms with Gasteiger partial charge in [-0.15, -0.1) is 0 Å². The van der Waals surface area contributed by atoms with Crippen LogP contribution in [0.5, 0.6) is 0 Å². The van der Waals surface area contributed by atoms with Crippen LogP contribution in [0, 0.1) is 6.92 Å². The summed E-state index contributed by atoms with van der Waals surface area (Å²) in [4.78, 5) is 13.3. The van der Waals surface area contributed by atoms with Gasteiger partial charge in [0.15, 0.2) is 5.82 Å². The van der Waals surface area contributed by atoms with E-state index in [1.54, 1.807) is 12.4 Å². The van der Waals surface area contributed by atoms with Gasteiger partial charge in [-0.2, -0.15) is 5.10 Å². The molecule has 0 aliphatic heterocycles. The first-order valence-electron chi connectivity index (χ1n) is 8.65. The van der Waals surface area contributed by atoms with Crippen molar-refractivity contribution < 1.29 is 0 Å². The van der Waals surface area contributed by atoms with Gasteiger partial charge < -0.3 is 4.57 Å². The van der Waals surface area contributed by atoms with Crippen LogP contribution >= 0.6 is 0 Å². The van der Waals surface area contributed by atoms with E-state index in [1.165, 1.54) is 32.1 Å². The van der Waals surface area contributed by atoms with E-state index < -0.39 is 0 Å². The molecule has 1 aliphatic rings. The van der Waals surface area contributed by atoms with Crippen LogP contribution in [0.25, 0.3) is 11.4 Å². The Kier molecular flexibility index (Phi) is 4.11. The van der Waals surface area contributed by atoms with Gasteiger partial charge in [-0.3, -0.25) is 4.98 Å². The first kappa shape index (κ1) is 15.1. The van der Waals surface area contributed by atoms with Crippen molar-refractivity contribution in [3.05, 3.63) is 48.6 Å². The minimum Gasteiger partial charge on any atom is -0.328 e. The minimum absolute atomic E-state index is 0.459. The molecule has 0 amide bonds. The summed E-state index contributed by atoms with van der Waals surface area (Å²) in [6.07, 6.45) is 13.7. The van der Waals surface area contributed by atoms with Gasteiger partial charge in [0.1, 0.15) is 11.6 Å². The van der Waals surface area contributed by atoms with Gasteiger partial charge in [0.25, 0.3) is 0 Å². The van der Waals surface area contributed by atoms with E-state index in [9.17, 15) is 0 Å². The van der Waals surface area contributed by atoms with E-state index in [0.29, 0.717) is 12.6 Å². The molecule has 0 N–H and O–H groups in total. The molecule has 6 heteroatoms. The fourth-order valence-electron chi connectivity index (χ4n) is 3.43. The first-order chi connectivity index (χ1) is 11.8. The fraction of sp³-hybridized carbons (Fsp3) is 0.444. The van der Waals surface area contributed by atoms with Crippen LogP contribution in [0.4, 0.5) is 0 Å². The number of nitrogens with zero attached hydrogens (tertiary/aromatic N) is 6. The smallest absolute Gasteiger partial charge is 0.181 e. The van der Waals surface area contributed by atoms with Crippen molar-refractivity contribution in [3.63, 3.8) is 0 Å². The van der Waals surface area contributed by atoms with Crippen molar-refractivity contribution in [3.8, 4) is 11.4 Å². The fourth-order valence-corrected chi connectivity index (χ4v) is 3.43. The zero-order valence-corrected chi connectivity index (χ0v) is 14.0. The van der Waals surface area contributed by atoms with E-state index in [2.05, 4.69) is 19.2 Å². The molecule has 0 atom stereocenters. The van der Waals surface area contributed by atoms with Crippen LogP contribution in [0.3, 0.4) is 0 Å². The topological polar surface area (TPSA) is 61.4 Å². The Balaban J connectivity index is 1.72. The lowest BCUT2D eigenvalue weighted by Gasteiger charge is -2.23. The number of aromatic nitrogens is 6. The molecule has 0 unspecified atom stereocenters. The number of hydrogen-bond donors (Lipinski definition) is 0. The molecule has 3 aromatic rings. The van der Waals surface area contributed by atoms with Crippen molar-refractivity contribution in [1.29, 1.82) is 0 Å². The monoisotopic (exact) mass is 322 g/mol. The lowest BCUT2D eigenvalue weighted by molar-refractivity contribution is 0.319. The summed E-state index contributed by atoms with van der Waals surface area (Å²) in [6, 6.07) is 4.39. The van der Waals surface area contributed by atoms with Crippen molar-refractivity contribution in [2.24, 2.45) is 0 Å². The van der Waals surface area contributed by atoms with Crippen LogP contribution in [0.1, 0.15) is 49.8 Å². The SMILES string of the molecule is Cc1nccn1Cc1nc(-c2ccncc2)nn1C1CCCCC1. The Morgan fingerprint density at radius 1 is 1.08 bits per heavy atom. The third-order valence-corrected chi connectivity index (χ3v) is 4.80. The van der Waals surface area contributed by atoms with Gasteiger partial charge in [-0.1, -0.05) is 19.3 Å². The largest absolute Gasteiger partial charge is 0.328 e. The van der Waals surface area contributed by atoms with E-state index in [4.69, 9.17) is 10.1 Å². The summed E-state index contributed by atoms with van der Waals surface area (Å²) in [6.45, 7) is 2.73. The van der Waals surface area contributed by atoms with Gasteiger partial charge in [0, 0.05) is 30.4 Å². The molecule has 3 heterocycles. The Labute approximate surface area is 141 Å². The molecule has 0 aromatic carbocycles. The maximum Gasteiger partial charge on any atom is 0.181 e. The average molecular weight is 322 g/mol. The average Bonchev–Trinajstić information content (AvgIpc) is 3.24. The Bertz CT molecular complexity index is 798. The quantitative estimate of drug-likeness (QED) is 0.738. The summed E-state index contributed by atoms with van der Waals surface area (Å²) in [5.41, 5.74) is 1.02. The van der Waals surface area contributed by atoms with E-state index in [-0.39, 0.29) is 0 Å². The first-order valence-corrected chi connectivity index (χ1v) is 8.65. The van der Waals surface area contributed by atoms with Crippen molar-refractivity contribution in [2.75, 3.05) is 0 Å². The molecule has 0 radical (unpaired) electrons. The number of aryl methyl sites for hydroxylation is 1. The second kappa shape index (κ2) is 6.55. The van der Waals surface area contributed by atoms with Gasteiger partial charge in [0.05, 0.1) is 12.6 Å². The lowest BCUT2D eigenvalue weighted by Crippen LogP contribution is -2.18. The summed E-state index contributed by atoms with van der Waals surface area (Å²) >= 11 is 0. The predicted molar refractivity (Wildman–Crippen MR) is 91.4 cm³/mol. The van der Waals surface area contributed by atoms with E-state index in [0.717, 1.165) is 23.0 Å². The third kappa shape index (κ3) is 2.96. The van der Waals surface area contributed by atoms with Crippen molar-refractivity contribution >= 4 is 0 Å². The van der Waals surface area contributed by atoms with Gasteiger partial charge in [-0.25, -0.2) is 14.6 Å². The van der Waals surface area contributed by atoms with Crippen molar-refractivity contribution in [2.45, 2.75) is 51.6 Å². The number of rotatable bonds is 4. The maximum absolute atomic E-state index is 4.86.